The van der Waals surface area contributed by atoms with Crippen molar-refractivity contribution in [3.05, 3.63) is 74.9 Å². The first-order chi connectivity index (χ1) is 13.5. The number of rotatable bonds is 7. The normalized spacial score (nSPS) is 11.4. The molecule has 28 heavy (non-hydrogen) atoms. The van der Waals surface area contributed by atoms with Crippen LogP contribution in [0.15, 0.2) is 53.9 Å². The zero-order chi connectivity index (χ0) is 20.1. The number of carbonyl (C=O) groups is 1. The number of aromatic nitrogens is 1. The molecule has 0 saturated heterocycles. The second kappa shape index (κ2) is 8.37. The van der Waals surface area contributed by atoms with E-state index in [1.54, 1.807) is 11.4 Å². The van der Waals surface area contributed by atoms with Gasteiger partial charge in [-0.25, -0.2) is 9.37 Å². The third-order valence-corrected chi connectivity index (χ3v) is 4.68. The molecule has 0 aliphatic carbocycles. The number of hydrogen-bond acceptors (Lipinski definition) is 7. The number of hydrogen-bond donors (Lipinski definition) is 0. The van der Waals surface area contributed by atoms with Crippen LogP contribution in [-0.4, -0.2) is 22.3 Å². The van der Waals surface area contributed by atoms with E-state index in [-0.39, 0.29) is 17.3 Å². The van der Waals surface area contributed by atoms with Crippen molar-refractivity contribution in [2.24, 2.45) is 0 Å². The van der Waals surface area contributed by atoms with Gasteiger partial charge < -0.3 is 4.74 Å². The van der Waals surface area contributed by atoms with E-state index in [4.69, 9.17) is 4.74 Å². The molecule has 0 amide bonds. The molecule has 0 radical (unpaired) electrons. The summed E-state index contributed by atoms with van der Waals surface area (Å²) in [5, 5.41) is 22.2. The van der Waals surface area contributed by atoms with Crippen LogP contribution >= 0.6 is 11.3 Å². The molecule has 0 saturated carbocycles. The Morgan fingerprint density at radius 2 is 2.07 bits per heavy atom. The van der Waals surface area contributed by atoms with Gasteiger partial charge in [-0.2, -0.15) is 5.26 Å². The smallest absolute Gasteiger partial charge is 0.270 e. The molecule has 9 heteroatoms. The predicted molar refractivity (Wildman–Crippen MR) is 99.5 cm³/mol. The zero-order valence-electron chi connectivity index (χ0n) is 14.2. The molecule has 140 valence electrons. The number of nitro benzene ring substituents is 1. The van der Waals surface area contributed by atoms with Gasteiger partial charge in [0.2, 0.25) is 0 Å². The average Bonchev–Trinajstić information content (AvgIpc) is 3.18. The summed E-state index contributed by atoms with van der Waals surface area (Å²) in [6, 6.07) is 13.0. The molecule has 0 fully saturated rings. The maximum absolute atomic E-state index is 12.9. The summed E-state index contributed by atoms with van der Waals surface area (Å²) in [5.74, 6) is -1.74. The number of benzene rings is 2. The lowest BCUT2D eigenvalue weighted by Gasteiger charge is -2.07. The lowest BCUT2D eigenvalue weighted by atomic mass is 10.1. The molecule has 0 aliphatic rings. The van der Waals surface area contributed by atoms with Crippen LogP contribution in [-0.2, 0) is 4.79 Å². The summed E-state index contributed by atoms with van der Waals surface area (Å²) in [6.07, 6.45) is 0. The Balaban J connectivity index is 1.73. The molecule has 0 spiro atoms. The highest BCUT2D eigenvalue weighted by Crippen LogP contribution is 2.29. The fourth-order valence-electron chi connectivity index (χ4n) is 2.37. The highest BCUT2D eigenvalue weighted by atomic mass is 32.1. The highest BCUT2D eigenvalue weighted by molar-refractivity contribution is 7.10. The first-order valence-electron chi connectivity index (χ1n) is 7.99. The van der Waals surface area contributed by atoms with E-state index in [0.717, 1.165) is 11.3 Å². The molecule has 0 bridgehead atoms. The van der Waals surface area contributed by atoms with Gasteiger partial charge in [-0.05, 0) is 24.3 Å². The Kier molecular flexibility index (Phi) is 5.72. The number of nitrogens with zero attached hydrogens (tertiary/aromatic N) is 3. The number of nitriles is 1. The van der Waals surface area contributed by atoms with Crippen LogP contribution in [0.3, 0.4) is 0 Å². The van der Waals surface area contributed by atoms with Crippen molar-refractivity contribution in [1.29, 1.82) is 5.26 Å². The maximum Gasteiger partial charge on any atom is 0.270 e. The van der Waals surface area contributed by atoms with Gasteiger partial charge in [0.15, 0.2) is 11.7 Å². The number of halogens is 1. The molecule has 1 aromatic heterocycles. The molecule has 1 atom stereocenters. The monoisotopic (exact) mass is 397 g/mol. The summed E-state index contributed by atoms with van der Waals surface area (Å²) in [4.78, 5) is 27.0. The summed E-state index contributed by atoms with van der Waals surface area (Å²) in [7, 11) is 0. The fraction of sp³-hybridized carbons (Fsp3) is 0.105. The van der Waals surface area contributed by atoms with Gasteiger partial charge in [-0.3, -0.25) is 14.9 Å². The quantitative estimate of drug-likeness (QED) is 0.439. The minimum atomic E-state index is -1.13. The van der Waals surface area contributed by atoms with Crippen LogP contribution in [0.2, 0.25) is 0 Å². The summed E-state index contributed by atoms with van der Waals surface area (Å²) in [6.45, 7) is -0.365. The second-order valence-corrected chi connectivity index (χ2v) is 6.54. The molecular formula is C19H12FN3O4S. The lowest BCUT2D eigenvalue weighted by Crippen LogP contribution is -2.19. The number of ether oxygens (including phenoxy) is 1. The second-order valence-electron chi connectivity index (χ2n) is 5.65. The molecule has 3 rings (SSSR count). The van der Waals surface area contributed by atoms with Crippen molar-refractivity contribution < 1.29 is 18.8 Å². The van der Waals surface area contributed by atoms with Gasteiger partial charge >= 0.3 is 0 Å². The van der Waals surface area contributed by atoms with Crippen LogP contribution in [0.1, 0.15) is 10.9 Å². The average molecular weight is 397 g/mol. The van der Waals surface area contributed by atoms with E-state index in [1.165, 1.54) is 42.5 Å². The minimum Gasteiger partial charge on any atom is -0.486 e. The summed E-state index contributed by atoms with van der Waals surface area (Å²) < 4.78 is 18.2. The van der Waals surface area contributed by atoms with Gasteiger partial charge in [-0.15, -0.1) is 11.3 Å². The number of nitro groups is 1. The first-order valence-corrected chi connectivity index (χ1v) is 8.87. The van der Waals surface area contributed by atoms with Gasteiger partial charge in [0.05, 0.1) is 16.7 Å². The Morgan fingerprint density at radius 1 is 1.32 bits per heavy atom. The Labute approximate surface area is 162 Å². The molecule has 0 aliphatic heterocycles. The number of non-ortho nitro benzene ring substituents is 1. The van der Waals surface area contributed by atoms with E-state index in [9.17, 15) is 24.6 Å². The van der Waals surface area contributed by atoms with E-state index < -0.39 is 22.4 Å². The molecule has 0 N–H and O–H groups in total. The van der Waals surface area contributed by atoms with Gasteiger partial charge in [0, 0.05) is 23.1 Å². The number of Topliss-reactive ketones (excluding diaryl/α,β-unsaturated/α-hetero) is 1. The first kappa shape index (κ1) is 19.1. The standard InChI is InChI=1S/C19H12FN3O4S/c20-13-4-6-15(7-5-13)27-10-18(24)16(9-21)19-22-17(11-28-19)12-2-1-3-14(8-12)23(25)26/h1-8,11,16H,10H2. The van der Waals surface area contributed by atoms with Crippen LogP contribution < -0.4 is 4.74 Å². The van der Waals surface area contributed by atoms with Gasteiger partial charge in [0.25, 0.3) is 5.69 Å². The largest absolute Gasteiger partial charge is 0.486 e. The van der Waals surface area contributed by atoms with Crippen LogP contribution in [0.25, 0.3) is 11.3 Å². The van der Waals surface area contributed by atoms with E-state index in [0.29, 0.717) is 17.0 Å². The topological polar surface area (TPSA) is 106 Å². The highest BCUT2D eigenvalue weighted by Gasteiger charge is 2.24. The lowest BCUT2D eigenvalue weighted by molar-refractivity contribution is -0.384. The minimum absolute atomic E-state index is 0.0762. The molecule has 7 nitrogen and oxygen atoms in total. The van der Waals surface area contributed by atoms with Crippen LogP contribution in [0.5, 0.6) is 5.75 Å². The van der Waals surface area contributed by atoms with Crippen molar-refractivity contribution in [3.63, 3.8) is 0 Å². The summed E-state index contributed by atoms with van der Waals surface area (Å²) in [5.41, 5.74) is 0.882. The van der Waals surface area contributed by atoms with Crippen molar-refractivity contribution >= 4 is 22.8 Å². The maximum atomic E-state index is 12.9. The molecular weight excluding hydrogens is 385 g/mol. The van der Waals surface area contributed by atoms with Crippen molar-refractivity contribution in [2.45, 2.75) is 5.92 Å². The number of carbonyl (C=O) groups excluding carboxylic acids is 1. The Hall–Kier alpha value is -3.64. The van der Waals surface area contributed by atoms with Gasteiger partial charge in [0.1, 0.15) is 23.2 Å². The van der Waals surface area contributed by atoms with Crippen LogP contribution in [0.4, 0.5) is 10.1 Å². The van der Waals surface area contributed by atoms with E-state index in [1.807, 2.05) is 6.07 Å². The van der Waals surface area contributed by atoms with Crippen molar-refractivity contribution in [1.82, 2.24) is 4.98 Å². The van der Waals surface area contributed by atoms with Crippen molar-refractivity contribution in [3.8, 4) is 23.1 Å². The zero-order valence-corrected chi connectivity index (χ0v) is 15.1. The van der Waals surface area contributed by atoms with Crippen LogP contribution in [0, 0.1) is 27.3 Å². The molecule has 1 unspecified atom stereocenters. The Morgan fingerprint density at radius 3 is 2.75 bits per heavy atom. The predicted octanol–water partition coefficient (Wildman–Crippen LogP) is 4.11. The third kappa shape index (κ3) is 4.36. The van der Waals surface area contributed by atoms with E-state index >= 15 is 0 Å². The number of ketones is 1. The van der Waals surface area contributed by atoms with Gasteiger partial charge in [-0.1, -0.05) is 12.1 Å². The molecule has 2 aromatic carbocycles. The van der Waals surface area contributed by atoms with Crippen molar-refractivity contribution in [2.75, 3.05) is 6.61 Å². The fourth-order valence-corrected chi connectivity index (χ4v) is 3.26. The Bertz CT molecular complexity index is 1060. The van der Waals surface area contributed by atoms with E-state index in [2.05, 4.69) is 4.98 Å². The summed E-state index contributed by atoms with van der Waals surface area (Å²) >= 11 is 1.11. The molecule has 3 aromatic rings. The molecule has 1 heterocycles. The SMILES string of the molecule is N#CC(C(=O)COc1ccc(F)cc1)c1nc(-c2cccc([N+](=O)[O-])c2)cs1. The third-order valence-electron chi connectivity index (χ3n) is 3.77. The number of thiazole rings is 1.